The fourth-order valence-corrected chi connectivity index (χ4v) is 6.96. The van der Waals surface area contributed by atoms with Gasteiger partial charge in [-0.2, -0.15) is 0 Å². The summed E-state index contributed by atoms with van der Waals surface area (Å²) >= 11 is 1.77. The Labute approximate surface area is 274 Å². The number of hydrogen-bond acceptors (Lipinski definition) is 7. The molecule has 0 unspecified atom stereocenters. The first-order valence-corrected chi connectivity index (χ1v) is 16.1. The smallest absolute Gasteiger partial charge is 0.164 e. The average molecular weight is 621 g/mol. The maximum Gasteiger partial charge on any atom is 0.164 e. The number of nitrogens with zero attached hydrogens (tertiary/aromatic N) is 6. The Balaban J connectivity index is 1.07. The van der Waals surface area contributed by atoms with E-state index in [0.717, 1.165) is 50.2 Å². The first kappa shape index (κ1) is 27.2. The summed E-state index contributed by atoms with van der Waals surface area (Å²) < 4.78 is 2.45. The normalized spacial score (nSPS) is 11.4. The Morgan fingerprint density at radius 2 is 1.00 bits per heavy atom. The van der Waals surface area contributed by atoms with Crippen LogP contribution in [-0.2, 0) is 0 Å². The highest BCUT2D eigenvalue weighted by molar-refractivity contribution is 7.25. The first-order valence-electron chi connectivity index (χ1n) is 15.3. The number of fused-ring (bicyclic) bond motifs is 4. The Hall–Kier alpha value is -6.18. The second-order valence-corrected chi connectivity index (χ2v) is 12.3. The molecule has 9 aromatic rings. The largest absolute Gasteiger partial charge is 0.254 e. The molecule has 0 bridgehead atoms. The van der Waals surface area contributed by atoms with Crippen molar-refractivity contribution >= 4 is 42.5 Å². The van der Waals surface area contributed by atoms with Crippen LogP contribution < -0.4 is 0 Å². The number of benzene rings is 5. The molecule has 0 N–H and O–H groups in total. The summed E-state index contributed by atoms with van der Waals surface area (Å²) in [5, 5.41) is 2.40. The molecule has 0 aliphatic heterocycles. The van der Waals surface area contributed by atoms with Crippen molar-refractivity contribution in [3.63, 3.8) is 0 Å². The third-order valence-corrected chi connectivity index (χ3v) is 9.35. The maximum absolute atomic E-state index is 4.94. The summed E-state index contributed by atoms with van der Waals surface area (Å²) in [6.45, 7) is 0. The predicted molar refractivity (Wildman–Crippen MR) is 191 cm³/mol. The lowest BCUT2D eigenvalue weighted by atomic mass is 10.0. The highest BCUT2D eigenvalue weighted by atomic mass is 32.1. The molecule has 0 saturated carbocycles. The van der Waals surface area contributed by atoms with E-state index in [-0.39, 0.29) is 0 Å². The second-order valence-electron chi connectivity index (χ2n) is 11.2. The van der Waals surface area contributed by atoms with Crippen molar-refractivity contribution in [2.24, 2.45) is 0 Å². The molecule has 4 heterocycles. The van der Waals surface area contributed by atoms with Crippen molar-refractivity contribution in [2.45, 2.75) is 0 Å². The minimum atomic E-state index is 0.618. The lowest BCUT2D eigenvalue weighted by molar-refractivity contribution is 1.07. The van der Waals surface area contributed by atoms with Gasteiger partial charge in [0.25, 0.3) is 0 Å². The summed E-state index contributed by atoms with van der Waals surface area (Å²) in [6.07, 6.45) is 3.76. The highest BCUT2D eigenvalue weighted by Gasteiger charge is 2.14. The molecule has 7 heteroatoms. The zero-order valence-electron chi connectivity index (χ0n) is 24.9. The topological polar surface area (TPSA) is 77.3 Å². The number of pyridine rings is 1. The van der Waals surface area contributed by atoms with Gasteiger partial charge in [0.15, 0.2) is 17.5 Å². The predicted octanol–water partition coefficient (Wildman–Crippen LogP) is 9.91. The zero-order valence-corrected chi connectivity index (χ0v) is 25.8. The third kappa shape index (κ3) is 5.09. The molecule has 6 nitrogen and oxygen atoms in total. The Morgan fingerprint density at radius 1 is 0.362 bits per heavy atom. The highest BCUT2D eigenvalue weighted by Crippen LogP contribution is 2.35. The van der Waals surface area contributed by atoms with E-state index in [2.05, 4.69) is 54.6 Å². The van der Waals surface area contributed by atoms with Crippen LogP contribution in [0, 0.1) is 0 Å². The third-order valence-electron chi connectivity index (χ3n) is 8.22. The van der Waals surface area contributed by atoms with Gasteiger partial charge in [0.1, 0.15) is 5.69 Å². The standard InChI is InChI=1S/C40H24N6S/c1-3-10-25(11-4-1)38-44-39(26-12-5-2-6-13-26)46-40(45-38)29-15-9-14-27(20-29)28-18-19-32-33(21-28)42-24-35(43-32)34-22-37-31(23-41-34)30-16-7-8-17-36(30)47-37/h1-24H. The zero-order chi connectivity index (χ0) is 31.2. The first-order chi connectivity index (χ1) is 23.2. The number of thiophene rings is 1. The summed E-state index contributed by atoms with van der Waals surface area (Å²) in [6, 6.07) is 45.0. The lowest BCUT2D eigenvalue weighted by Crippen LogP contribution is -2.00. The van der Waals surface area contributed by atoms with Crippen LogP contribution in [0.2, 0.25) is 0 Å². The van der Waals surface area contributed by atoms with Gasteiger partial charge in [-0.05, 0) is 41.5 Å². The second kappa shape index (κ2) is 11.3. The summed E-state index contributed by atoms with van der Waals surface area (Å²) in [7, 11) is 0. The Morgan fingerprint density at radius 3 is 1.77 bits per heavy atom. The molecule has 0 spiro atoms. The van der Waals surface area contributed by atoms with Crippen molar-refractivity contribution in [3.8, 4) is 56.7 Å². The molecule has 4 aromatic heterocycles. The van der Waals surface area contributed by atoms with Crippen molar-refractivity contribution in [1.29, 1.82) is 0 Å². The summed E-state index contributed by atoms with van der Waals surface area (Å²) in [5.41, 5.74) is 8.06. The van der Waals surface area contributed by atoms with Gasteiger partial charge in [-0.1, -0.05) is 103 Å². The van der Waals surface area contributed by atoms with Crippen LogP contribution in [0.25, 0.3) is 87.9 Å². The van der Waals surface area contributed by atoms with Crippen LogP contribution in [0.5, 0.6) is 0 Å². The Bertz CT molecular complexity index is 2520. The van der Waals surface area contributed by atoms with E-state index in [0.29, 0.717) is 17.5 Å². The van der Waals surface area contributed by atoms with E-state index in [4.69, 9.17) is 29.9 Å². The molecule has 0 atom stereocenters. The van der Waals surface area contributed by atoms with Crippen LogP contribution in [0.1, 0.15) is 0 Å². The average Bonchev–Trinajstić information content (AvgIpc) is 3.53. The lowest BCUT2D eigenvalue weighted by Gasteiger charge is -2.10. The number of rotatable bonds is 5. The van der Waals surface area contributed by atoms with Gasteiger partial charge in [0.2, 0.25) is 0 Å². The minimum Gasteiger partial charge on any atom is -0.254 e. The van der Waals surface area contributed by atoms with Crippen LogP contribution in [0.3, 0.4) is 0 Å². The number of aromatic nitrogens is 6. The molecule has 47 heavy (non-hydrogen) atoms. The molecule has 0 saturated heterocycles. The van der Waals surface area contributed by atoms with Crippen molar-refractivity contribution < 1.29 is 0 Å². The van der Waals surface area contributed by atoms with Crippen molar-refractivity contribution in [2.75, 3.05) is 0 Å². The fraction of sp³-hybridized carbons (Fsp3) is 0. The fourth-order valence-electron chi connectivity index (χ4n) is 5.85. The van der Waals surface area contributed by atoms with E-state index < -0.39 is 0 Å². The molecule has 0 fully saturated rings. The van der Waals surface area contributed by atoms with Gasteiger partial charge in [-0.3, -0.25) is 9.97 Å². The van der Waals surface area contributed by atoms with E-state index in [1.165, 1.54) is 20.2 Å². The molecule has 9 rings (SSSR count). The van der Waals surface area contributed by atoms with Crippen LogP contribution in [-0.4, -0.2) is 29.9 Å². The molecule has 0 aliphatic carbocycles. The van der Waals surface area contributed by atoms with E-state index in [9.17, 15) is 0 Å². The van der Waals surface area contributed by atoms with Crippen LogP contribution in [0.4, 0.5) is 0 Å². The van der Waals surface area contributed by atoms with Gasteiger partial charge < -0.3 is 0 Å². The molecular weight excluding hydrogens is 597 g/mol. The van der Waals surface area contributed by atoms with Gasteiger partial charge in [0.05, 0.1) is 22.9 Å². The molecule has 0 aliphatic rings. The monoisotopic (exact) mass is 620 g/mol. The minimum absolute atomic E-state index is 0.618. The quantitative estimate of drug-likeness (QED) is 0.191. The molecule has 0 amide bonds. The SMILES string of the molecule is c1ccc(-c2nc(-c3ccccc3)nc(-c3cccc(-c4ccc5nc(-c6cc7sc8ccccc8c7cn6)cnc5c4)c3)n2)cc1. The summed E-state index contributed by atoms with van der Waals surface area (Å²) in [5.74, 6) is 1.89. The van der Waals surface area contributed by atoms with Crippen LogP contribution in [0.15, 0.2) is 146 Å². The van der Waals surface area contributed by atoms with E-state index in [1.807, 2.05) is 91.3 Å². The molecule has 220 valence electrons. The van der Waals surface area contributed by atoms with Crippen molar-refractivity contribution in [3.05, 3.63) is 146 Å². The summed E-state index contributed by atoms with van der Waals surface area (Å²) in [4.78, 5) is 29.1. The van der Waals surface area contributed by atoms with Crippen molar-refractivity contribution in [1.82, 2.24) is 29.9 Å². The van der Waals surface area contributed by atoms with Gasteiger partial charge >= 0.3 is 0 Å². The number of hydrogen-bond donors (Lipinski definition) is 0. The van der Waals surface area contributed by atoms with Crippen LogP contribution >= 0.6 is 11.3 Å². The van der Waals surface area contributed by atoms with E-state index in [1.54, 1.807) is 11.3 Å². The molecular formula is C40H24N6S. The van der Waals surface area contributed by atoms with Gasteiger partial charge in [-0.25, -0.2) is 19.9 Å². The molecule has 5 aromatic carbocycles. The van der Waals surface area contributed by atoms with Gasteiger partial charge in [0, 0.05) is 43.1 Å². The Kier molecular flexibility index (Phi) is 6.54. The maximum atomic E-state index is 4.94. The van der Waals surface area contributed by atoms with E-state index >= 15 is 0 Å². The van der Waals surface area contributed by atoms with Gasteiger partial charge in [-0.15, -0.1) is 11.3 Å². The molecule has 0 radical (unpaired) electrons.